The molecule has 0 saturated heterocycles. The molecule has 1 atom stereocenters. The Bertz CT molecular complexity index is 595. The molecule has 2 aromatic carbocycles. The van der Waals surface area contributed by atoms with Crippen molar-refractivity contribution in [2.45, 2.75) is 31.7 Å². The number of hydrogen-bond donors (Lipinski definition) is 1. The Morgan fingerprint density at radius 1 is 1.10 bits per heavy atom. The Balaban J connectivity index is 2.29. The summed E-state index contributed by atoms with van der Waals surface area (Å²) in [5, 5.41) is 3.51. The van der Waals surface area contributed by atoms with Crippen molar-refractivity contribution in [1.29, 1.82) is 0 Å². The van der Waals surface area contributed by atoms with Crippen LogP contribution in [0.3, 0.4) is 0 Å². The lowest BCUT2D eigenvalue weighted by molar-refractivity contribution is 0.353. The lowest BCUT2D eigenvalue weighted by atomic mass is 9.75. The van der Waals surface area contributed by atoms with Crippen LogP contribution >= 0.6 is 11.6 Å². The van der Waals surface area contributed by atoms with Gasteiger partial charge in [-0.2, -0.15) is 0 Å². The Morgan fingerprint density at radius 3 is 2.38 bits per heavy atom. The molecule has 2 aromatic rings. The molecule has 0 aliphatic carbocycles. The third-order valence-corrected chi connectivity index (χ3v) is 4.48. The summed E-state index contributed by atoms with van der Waals surface area (Å²) in [6.07, 6.45) is 0.588. The van der Waals surface area contributed by atoms with Crippen LogP contribution in [0.15, 0.2) is 48.5 Å². The summed E-state index contributed by atoms with van der Waals surface area (Å²) in [5.41, 5.74) is 1.75. The molecule has 0 bridgehead atoms. The zero-order valence-corrected chi connectivity index (χ0v) is 13.4. The van der Waals surface area contributed by atoms with E-state index in [0.29, 0.717) is 12.0 Å². The summed E-state index contributed by atoms with van der Waals surface area (Å²) >= 11 is 5.88. The summed E-state index contributed by atoms with van der Waals surface area (Å²) in [4.78, 5) is 0. The SMILES string of the molecule is CNC(Cc1cccc(Cl)c1F)C(C)(C)c1ccccc1. The van der Waals surface area contributed by atoms with Crippen molar-refractivity contribution in [2.24, 2.45) is 0 Å². The van der Waals surface area contributed by atoms with E-state index in [2.05, 4.69) is 31.3 Å². The first kappa shape index (κ1) is 16.0. The maximum absolute atomic E-state index is 14.1. The first-order valence-electron chi connectivity index (χ1n) is 7.12. The average Bonchev–Trinajstić information content (AvgIpc) is 2.49. The Labute approximate surface area is 131 Å². The smallest absolute Gasteiger partial charge is 0.145 e. The molecule has 21 heavy (non-hydrogen) atoms. The molecule has 1 nitrogen and oxygen atoms in total. The van der Waals surface area contributed by atoms with E-state index in [1.807, 2.05) is 25.2 Å². The highest BCUT2D eigenvalue weighted by atomic mass is 35.5. The van der Waals surface area contributed by atoms with Gasteiger partial charge in [0.05, 0.1) is 5.02 Å². The fourth-order valence-electron chi connectivity index (χ4n) is 2.71. The minimum absolute atomic E-state index is 0.105. The van der Waals surface area contributed by atoms with E-state index in [0.717, 1.165) is 0 Å². The zero-order chi connectivity index (χ0) is 15.5. The molecule has 0 spiro atoms. The van der Waals surface area contributed by atoms with Crippen LogP contribution in [0.1, 0.15) is 25.0 Å². The molecule has 0 saturated carbocycles. The van der Waals surface area contributed by atoms with Gasteiger partial charge >= 0.3 is 0 Å². The van der Waals surface area contributed by atoms with E-state index in [1.54, 1.807) is 18.2 Å². The Hall–Kier alpha value is -1.38. The van der Waals surface area contributed by atoms with Gasteiger partial charge in [0.2, 0.25) is 0 Å². The lowest BCUT2D eigenvalue weighted by Gasteiger charge is -2.35. The molecule has 0 heterocycles. The van der Waals surface area contributed by atoms with E-state index in [9.17, 15) is 4.39 Å². The van der Waals surface area contributed by atoms with Crippen LogP contribution < -0.4 is 5.32 Å². The third kappa shape index (κ3) is 3.45. The van der Waals surface area contributed by atoms with Crippen molar-refractivity contribution < 1.29 is 4.39 Å². The summed E-state index contributed by atoms with van der Waals surface area (Å²) in [5.74, 6) is -0.316. The number of benzene rings is 2. The van der Waals surface area contributed by atoms with Gasteiger partial charge in [-0.3, -0.25) is 0 Å². The minimum Gasteiger partial charge on any atom is -0.316 e. The molecule has 0 amide bonds. The number of nitrogens with one attached hydrogen (secondary N) is 1. The summed E-state index contributed by atoms with van der Waals surface area (Å²) in [6.45, 7) is 4.35. The summed E-state index contributed by atoms with van der Waals surface area (Å²) in [7, 11) is 1.91. The van der Waals surface area contributed by atoms with Crippen molar-refractivity contribution in [3.63, 3.8) is 0 Å². The van der Waals surface area contributed by atoms with Gasteiger partial charge < -0.3 is 5.32 Å². The van der Waals surface area contributed by atoms with Gasteiger partial charge in [-0.25, -0.2) is 4.39 Å². The number of halogens is 2. The van der Waals surface area contributed by atoms with Crippen LogP contribution in [0, 0.1) is 5.82 Å². The van der Waals surface area contributed by atoms with Gasteiger partial charge in [-0.1, -0.05) is 67.9 Å². The van der Waals surface area contributed by atoms with Crippen LogP contribution in [-0.4, -0.2) is 13.1 Å². The molecule has 0 aliphatic rings. The number of likely N-dealkylation sites (N-methyl/N-ethyl adjacent to an activating group) is 1. The van der Waals surface area contributed by atoms with Crippen molar-refractivity contribution in [3.05, 3.63) is 70.5 Å². The van der Waals surface area contributed by atoms with Crippen molar-refractivity contribution in [3.8, 4) is 0 Å². The highest BCUT2D eigenvalue weighted by Gasteiger charge is 2.30. The largest absolute Gasteiger partial charge is 0.316 e. The van der Waals surface area contributed by atoms with Crippen molar-refractivity contribution >= 4 is 11.6 Å². The number of rotatable bonds is 5. The third-order valence-electron chi connectivity index (χ3n) is 4.19. The van der Waals surface area contributed by atoms with Crippen LogP contribution in [-0.2, 0) is 11.8 Å². The molecule has 0 fully saturated rings. The van der Waals surface area contributed by atoms with Crippen LogP contribution in [0.4, 0.5) is 4.39 Å². The predicted octanol–water partition coefficient (Wildman–Crippen LogP) is 4.59. The van der Waals surface area contributed by atoms with Gasteiger partial charge in [0.25, 0.3) is 0 Å². The Morgan fingerprint density at radius 2 is 1.76 bits per heavy atom. The zero-order valence-electron chi connectivity index (χ0n) is 12.7. The van der Waals surface area contributed by atoms with Gasteiger partial charge in [0, 0.05) is 11.5 Å². The van der Waals surface area contributed by atoms with Crippen LogP contribution in [0.25, 0.3) is 0 Å². The van der Waals surface area contributed by atoms with Gasteiger partial charge in [0.15, 0.2) is 0 Å². The topological polar surface area (TPSA) is 12.0 Å². The second kappa shape index (κ2) is 6.59. The molecule has 1 unspecified atom stereocenters. The van der Waals surface area contributed by atoms with Gasteiger partial charge in [-0.15, -0.1) is 0 Å². The molecule has 0 radical (unpaired) electrons. The van der Waals surface area contributed by atoms with E-state index < -0.39 is 0 Å². The fourth-order valence-corrected chi connectivity index (χ4v) is 2.91. The average molecular weight is 306 g/mol. The molecule has 0 aliphatic heterocycles. The number of hydrogen-bond acceptors (Lipinski definition) is 1. The molecular formula is C18H21ClFN. The molecule has 2 rings (SSSR count). The van der Waals surface area contributed by atoms with Gasteiger partial charge in [0.1, 0.15) is 5.82 Å². The molecule has 1 N–H and O–H groups in total. The fraction of sp³-hybridized carbons (Fsp3) is 0.333. The normalized spacial score (nSPS) is 13.2. The van der Waals surface area contributed by atoms with E-state index in [-0.39, 0.29) is 22.3 Å². The highest BCUT2D eigenvalue weighted by molar-refractivity contribution is 6.30. The second-order valence-electron chi connectivity index (χ2n) is 5.85. The highest BCUT2D eigenvalue weighted by Crippen LogP contribution is 2.30. The van der Waals surface area contributed by atoms with Crippen molar-refractivity contribution in [1.82, 2.24) is 5.32 Å². The monoisotopic (exact) mass is 305 g/mol. The lowest BCUT2D eigenvalue weighted by Crippen LogP contribution is -2.44. The predicted molar refractivity (Wildman–Crippen MR) is 87.4 cm³/mol. The molecule has 3 heteroatoms. The first-order chi connectivity index (χ1) is 9.96. The maximum atomic E-state index is 14.1. The summed E-state index contributed by atoms with van der Waals surface area (Å²) in [6, 6.07) is 15.6. The molecule has 0 aromatic heterocycles. The van der Waals surface area contributed by atoms with Crippen molar-refractivity contribution in [2.75, 3.05) is 7.05 Å². The summed E-state index contributed by atoms with van der Waals surface area (Å²) < 4.78 is 14.1. The van der Waals surface area contributed by atoms with Crippen LogP contribution in [0.2, 0.25) is 5.02 Å². The first-order valence-corrected chi connectivity index (χ1v) is 7.50. The standard InChI is InChI=1S/C18H21ClFN/c1-18(2,14-9-5-4-6-10-14)16(21-3)12-13-8-7-11-15(19)17(13)20/h4-11,16,21H,12H2,1-3H3. The van der Waals surface area contributed by atoms with E-state index >= 15 is 0 Å². The second-order valence-corrected chi connectivity index (χ2v) is 6.25. The molecule has 112 valence electrons. The minimum atomic E-state index is -0.316. The van der Waals surface area contributed by atoms with Gasteiger partial charge in [-0.05, 0) is 30.7 Å². The quantitative estimate of drug-likeness (QED) is 0.852. The van der Waals surface area contributed by atoms with E-state index in [1.165, 1.54) is 5.56 Å². The van der Waals surface area contributed by atoms with E-state index in [4.69, 9.17) is 11.6 Å². The Kier molecular flexibility index (Phi) is 5.02. The van der Waals surface area contributed by atoms with Crippen LogP contribution in [0.5, 0.6) is 0 Å². The molecular weight excluding hydrogens is 285 g/mol. The maximum Gasteiger partial charge on any atom is 0.145 e.